The van der Waals surface area contributed by atoms with Gasteiger partial charge in [-0.2, -0.15) is 0 Å². The van der Waals surface area contributed by atoms with Crippen molar-refractivity contribution in [2.24, 2.45) is 0 Å². The van der Waals surface area contributed by atoms with E-state index in [9.17, 15) is 4.79 Å². The van der Waals surface area contributed by atoms with Gasteiger partial charge in [0.1, 0.15) is 0 Å². The van der Waals surface area contributed by atoms with E-state index in [1.54, 1.807) is 12.1 Å². The Bertz CT molecular complexity index is 372. The van der Waals surface area contributed by atoms with Crippen molar-refractivity contribution in [3.8, 4) is 0 Å². The highest BCUT2D eigenvalue weighted by Gasteiger charge is 2.04. The van der Waals surface area contributed by atoms with Crippen LogP contribution in [-0.2, 0) is 4.79 Å². The molecule has 1 rings (SSSR count). The molecule has 0 aromatic heterocycles. The van der Waals surface area contributed by atoms with E-state index in [1.807, 2.05) is 19.1 Å². The molecule has 1 amide bonds. The fourth-order valence-corrected chi connectivity index (χ4v) is 1.22. The monoisotopic (exact) mass is 204 g/mol. The Morgan fingerprint density at radius 1 is 1.60 bits per heavy atom. The average Bonchev–Trinajstić information content (AvgIpc) is 2.20. The highest BCUT2D eigenvalue weighted by atomic mass is 16.1. The van der Waals surface area contributed by atoms with E-state index in [0.29, 0.717) is 24.2 Å². The lowest BCUT2D eigenvalue weighted by molar-refractivity contribution is -0.116. The Balaban J connectivity index is 2.67. The summed E-state index contributed by atoms with van der Waals surface area (Å²) in [6.07, 6.45) is 2.84. The van der Waals surface area contributed by atoms with Crippen LogP contribution in [0.25, 0.3) is 0 Å². The number of anilines is 2. The SMILES string of the molecule is C=CCCC(=O)Nc1cc(C)ccc1N. The number of aryl methyl sites for hydroxylation is 1. The summed E-state index contributed by atoms with van der Waals surface area (Å²) in [5.41, 5.74) is 8.08. The smallest absolute Gasteiger partial charge is 0.224 e. The predicted molar refractivity (Wildman–Crippen MR) is 63.7 cm³/mol. The zero-order chi connectivity index (χ0) is 11.3. The number of hydrogen-bond donors (Lipinski definition) is 2. The number of benzene rings is 1. The van der Waals surface area contributed by atoms with Crippen molar-refractivity contribution >= 4 is 17.3 Å². The molecule has 1 aromatic rings. The summed E-state index contributed by atoms with van der Waals surface area (Å²) in [6, 6.07) is 5.56. The number of carbonyl (C=O) groups is 1. The summed E-state index contributed by atoms with van der Waals surface area (Å²) in [4.78, 5) is 11.4. The van der Waals surface area contributed by atoms with Gasteiger partial charge >= 0.3 is 0 Å². The molecule has 3 heteroatoms. The van der Waals surface area contributed by atoms with Crippen LogP contribution in [0.2, 0.25) is 0 Å². The molecule has 0 unspecified atom stereocenters. The summed E-state index contributed by atoms with van der Waals surface area (Å²) in [6.45, 7) is 5.52. The minimum absolute atomic E-state index is 0.0350. The van der Waals surface area contributed by atoms with Gasteiger partial charge < -0.3 is 11.1 Å². The number of allylic oxidation sites excluding steroid dienone is 1. The van der Waals surface area contributed by atoms with E-state index in [-0.39, 0.29) is 5.91 Å². The lowest BCUT2D eigenvalue weighted by Gasteiger charge is -2.08. The van der Waals surface area contributed by atoms with E-state index in [1.165, 1.54) is 0 Å². The van der Waals surface area contributed by atoms with Gasteiger partial charge in [-0.3, -0.25) is 4.79 Å². The van der Waals surface area contributed by atoms with Crippen molar-refractivity contribution in [3.05, 3.63) is 36.4 Å². The first-order valence-electron chi connectivity index (χ1n) is 4.90. The van der Waals surface area contributed by atoms with Gasteiger partial charge in [0.05, 0.1) is 11.4 Å². The van der Waals surface area contributed by atoms with Crippen molar-refractivity contribution in [3.63, 3.8) is 0 Å². The highest BCUT2D eigenvalue weighted by Crippen LogP contribution is 2.19. The van der Waals surface area contributed by atoms with Gasteiger partial charge in [-0.1, -0.05) is 12.1 Å². The van der Waals surface area contributed by atoms with Gasteiger partial charge in [0.25, 0.3) is 0 Å². The second kappa shape index (κ2) is 5.20. The third kappa shape index (κ3) is 3.46. The first-order valence-corrected chi connectivity index (χ1v) is 4.90. The average molecular weight is 204 g/mol. The molecule has 3 N–H and O–H groups in total. The molecule has 1 aromatic carbocycles. The maximum absolute atomic E-state index is 11.4. The predicted octanol–water partition coefficient (Wildman–Crippen LogP) is 2.48. The van der Waals surface area contributed by atoms with Gasteiger partial charge in [-0.15, -0.1) is 6.58 Å². The van der Waals surface area contributed by atoms with Gasteiger partial charge in [0.15, 0.2) is 0 Å². The summed E-state index contributed by atoms with van der Waals surface area (Å²) < 4.78 is 0. The summed E-state index contributed by atoms with van der Waals surface area (Å²) in [5.74, 6) is -0.0350. The van der Waals surface area contributed by atoms with E-state index >= 15 is 0 Å². The molecular formula is C12H16N2O. The molecule has 0 spiro atoms. The van der Waals surface area contributed by atoms with E-state index in [4.69, 9.17) is 5.73 Å². The second-order valence-electron chi connectivity index (χ2n) is 3.47. The summed E-state index contributed by atoms with van der Waals surface area (Å²) in [5, 5.41) is 2.77. The van der Waals surface area contributed by atoms with Crippen molar-refractivity contribution in [1.82, 2.24) is 0 Å². The molecule has 0 aliphatic carbocycles. The number of nitrogens with one attached hydrogen (secondary N) is 1. The number of nitrogens with two attached hydrogens (primary N) is 1. The summed E-state index contributed by atoms with van der Waals surface area (Å²) in [7, 11) is 0. The Morgan fingerprint density at radius 3 is 3.00 bits per heavy atom. The molecule has 0 heterocycles. The molecule has 3 nitrogen and oxygen atoms in total. The normalized spacial score (nSPS) is 9.67. The highest BCUT2D eigenvalue weighted by molar-refractivity contribution is 5.93. The van der Waals surface area contributed by atoms with Crippen LogP contribution in [0.3, 0.4) is 0 Å². The second-order valence-corrected chi connectivity index (χ2v) is 3.47. The van der Waals surface area contributed by atoms with Gasteiger partial charge in [0, 0.05) is 6.42 Å². The molecule has 80 valence electrons. The van der Waals surface area contributed by atoms with Crippen LogP contribution in [0.15, 0.2) is 30.9 Å². The zero-order valence-electron chi connectivity index (χ0n) is 8.92. The van der Waals surface area contributed by atoms with E-state index in [2.05, 4.69) is 11.9 Å². The third-order valence-corrected chi connectivity index (χ3v) is 2.06. The maximum atomic E-state index is 11.4. The lowest BCUT2D eigenvalue weighted by atomic mass is 10.2. The van der Waals surface area contributed by atoms with Crippen LogP contribution in [-0.4, -0.2) is 5.91 Å². The number of rotatable bonds is 4. The minimum atomic E-state index is -0.0350. The molecule has 0 saturated heterocycles. The van der Waals surface area contributed by atoms with Crippen molar-refractivity contribution in [1.29, 1.82) is 0 Å². The number of hydrogen-bond acceptors (Lipinski definition) is 2. The largest absolute Gasteiger partial charge is 0.397 e. The molecule has 0 radical (unpaired) electrons. The fraction of sp³-hybridized carbons (Fsp3) is 0.250. The van der Waals surface area contributed by atoms with Crippen LogP contribution < -0.4 is 11.1 Å². The lowest BCUT2D eigenvalue weighted by Crippen LogP contribution is -2.12. The number of amides is 1. The topological polar surface area (TPSA) is 55.1 Å². The van der Waals surface area contributed by atoms with Gasteiger partial charge in [-0.05, 0) is 31.0 Å². The Morgan fingerprint density at radius 2 is 2.33 bits per heavy atom. The number of nitrogen functional groups attached to an aromatic ring is 1. The first-order chi connectivity index (χ1) is 7.13. The van der Waals surface area contributed by atoms with Crippen molar-refractivity contribution in [2.45, 2.75) is 19.8 Å². The van der Waals surface area contributed by atoms with Gasteiger partial charge in [0.2, 0.25) is 5.91 Å². The van der Waals surface area contributed by atoms with E-state index < -0.39 is 0 Å². The Hall–Kier alpha value is -1.77. The minimum Gasteiger partial charge on any atom is -0.397 e. The summed E-state index contributed by atoms with van der Waals surface area (Å²) >= 11 is 0. The van der Waals surface area contributed by atoms with Gasteiger partial charge in [-0.25, -0.2) is 0 Å². The Labute approximate surface area is 90.0 Å². The van der Waals surface area contributed by atoms with Crippen LogP contribution in [0.4, 0.5) is 11.4 Å². The van der Waals surface area contributed by atoms with Crippen molar-refractivity contribution in [2.75, 3.05) is 11.1 Å². The molecule has 0 bridgehead atoms. The molecule has 0 fully saturated rings. The maximum Gasteiger partial charge on any atom is 0.224 e. The standard InChI is InChI=1S/C12H16N2O/c1-3-4-5-12(15)14-11-8-9(2)6-7-10(11)13/h3,6-8H,1,4-5,13H2,2H3,(H,14,15). The Kier molecular flexibility index (Phi) is 3.92. The zero-order valence-corrected chi connectivity index (χ0v) is 8.92. The quantitative estimate of drug-likeness (QED) is 0.584. The van der Waals surface area contributed by atoms with Crippen molar-refractivity contribution < 1.29 is 4.79 Å². The fourth-order valence-electron chi connectivity index (χ4n) is 1.22. The van der Waals surface area contributed by atoms with Crippen LogP contribution in [0, 0.1) is 6.92 Å². The first kappa shape index (κ1) is 11.3. The number of carbonyl (C=O) groups excluding carboxylic acids is 1. The molecule has 0 saturated carbocycles. The molecule has 0 atom stereocenters. The van der Waals surface area contributed by atoms with E-state index in [0.717, 1.165) is 5.56 Å². The third-order valence-electron chi connectivity index (χ3n) is 2.06. The molecular weight excluding hydrogens is 188 g/mol. The molecule has 15 heavy (non-hydrogen) atoms. The van der Waals surface area contributed by atoms with Crippen LogP contribution in [0.1, 0.15) is 18.4 Å². The van der Waals surface area contributed by atoms with Crippen LogP contribution >= 0.6 is 0 Å². The molecule has 0 aliphatic heterocycles. The van der Waals surface area contributed by atoms with Crippen LogP contribution in [0.5, 0.6) is 0 Å². The molecule has 0 aliphatic rings.